The predicted molar refractivity (Wildman–Crippen MR) is 49.4 cm³/mol. The lowest BCUT2D eigenvalue weighted by atomic mass is 10.1. The van der Waals surface area contributed by atoms with Crippen LogP contribution in [0.15, 0.2) is 12.1 Å². The molecule has 0 aliphatic heterocycles. The van der Waals surface area contributed by atoms with Crippen molar-refractivity contribution in [2.24, 2.45) is 0 Å². The number of carbonyl (C=O) groups excluding carboxylic acids is 1. The van der Waals surface area contributed by atoms with Crippen LogP contribution in [0.1, 0.15) is 10.4 Å². The van der Waals surface area contributed by atoms with Gasteiger partial charge in [0.1, 0.15) is 10.8 Å². The molecule has 1 aromatic rings. The molecule has 0 aliphatic carbocycles. The molecule has 0 unspecified atom stereocenters. The third-order valence-corrected chi connectivity index (χ3v) is 1.95. The lowest BCUT2D eigenvalue weighted by Crippen LogP contribution is -2.09. The minimum absolute atomic E-state index is 0.318. The van der Waals surface area contributed by atoms with Crippen molar-refractivity contribution in [2.75, 3.05) is 7.11 Å². The molecular weight excluding hydrogens is 229 g/mol. The summed E-state index contributed by atoms with van der Waals surface area (Å²) < 4.78 is 17.4. The van der Waals surface area contributed by atoms with Gasteiger partial charge in [0.15, 0.2) is 5.56 Å². The van der Waals surface area contributed by atoms with Crippen LogP contribution in [0.2, 0.25) is 5.02 Å². The van der Waals surface area contributed by atoms with Gasteiger partial charge in [-0.3, -0.25) is 10.1 Å². The second kappa shape index (κ2) is 4.22. The van der Waals surface area contributed by atoms with E-state index in [1.54, 1.807) is 0 Å². The van der Waals surface area contributed by atoms with Crippen LogP contribution in [0.3, 0.4) is 0 Å². The monoisotopic (exact) mass is 233 g/mol. The lowest BCUT2D eigenvalue weighted by molar-refractivity contribution is -0.385. The molecule has 0 radical (unpaired) electrons. The zero-order chi connectivity index (χ0) is 11.6. The average Bonchev–Trinajstić information content (AvgIpc) is 2.19. The quantitative estimate of drug-likeness (QED) is 0.446. The van der Waals surface area contributed by atoms with Gasteiger partial charge in [-0.25, -0.2) is 9.18 Å². The summed E-state index contributed by atoms with van der Waals surface area (Å²) in [5, 5.41) is 10.2. The van der Waals surface area contributed by atoms with Gasteiger partial charge in [0.05, 0.1) is 12.0 Å². The van der Waals surface area contributed by atoms with Crippen molar-refractivity contribution in [3.05, 3.63) is 38.7 Å². The van der Waals surface area contributed by atoms with Crippen LogP contribution >= 0.6 is 11.6 Å². The zero-order valence-corrected chi connectivity index (χ0v) is 8.25. The molecule has 1 aromatic carbocycles. The maximum atomic E-state index is 13.2. The van der Waals surface area contributed by atoms with E-state index in [1.807, 2.05) is 0 Å². The molecule has 0 atom stereocenters. The molecule has 1 rings (SSSR count). The summed E-state index contributed by atoms with van der Waals surface area (Å²) in [5.74, 6) is -2.18. The van der Waals surface area contributed by atoms with Crippen LogP contribution in [0, 0.1) is 15.9 Å². The minimum atomic E-state index is -1.14. The Balaban J connectivity index is 3.52. The largest absolute Gasteiger partial charge is 0.465 e. The van der Waals surface area contributed by atoms with Crippen LogP contribution < -0.4 is 0 Å². The fourth-order valence-electron chi connectivity index (χ4n) is 1.02. The molecule has 80 valence electrons. The number of nitro groups is 1. The Morgan fingerprint density at radius 2 is 2.20 bits per heavy atom. The number of nitro benzene ring substituents is 1. The van der Waals surface area contributed by atoms with E-state index >= 15 is 0 Å². The molecule has 15 heavy (non-hydrogen) atoms. The maximum Gasteiger partial charge on any atom is 0.348 e. The molecular formula is C8H5ClFNO4. The van der Waals surface area contributed by atoms with Gasteiger partial charge >= 0.3 is 11.7 Å². The molecule has 0 aromatic heterocycles. The number of rotatable bonds is 2. The van der Waals surface area contributed by atoms with Crippen LogP contribution in [-0.4, -0.2) is 18.0 Å². The molecule has 0 saturated carbocycles. The highest BCUT2D eigenvalue weighted by atomic mass is 35.5. The summed E-state index contributed by atoms with van der Waals surface area (Å²) in [6, 6.07) is 1.86. The first-order chi connectivity index (χ1) is 6.99. The van der Waals surface area contributed by atoms with E-state index in [0.717, 1.165) is 19.2 Å². The number of methoxy groups -OCH3 is 1. The molecule has 5 nitrogen and oxygen atoms in total. The van der Waals surface area contributed by atoms with E-state index < -0.39 is 28.0 Å². The Kier molecular flexibility index (Phi) is 3.21. The van der Waals surface area contributed by atoms with Crippen molar-refractivity contribution in [3.8, 4) is 0 Å². The highest BCUT2D eigenvalue weighted by molar-refractivity contribution is 6.33. The third kappa shape index (κ3) is 2.04. The molecule has 0 heterocycles. The van der Waals surface area contributed by atoms with E-state index in [9.17, 15) is 19.3 Å². The highest BCUT2D eigenvalue weighted by Gasteiger charge is 2.28. The third-order valence-electron chi connectivity index (χ3n) is 1.65. The summed E-state index contributed by atoms with van der Waals surface area (Å²) in [5.41, 5.74) is -1.56. The first-order valence-electron chi connectivity index (χ1n) is 3.69. The molecule has 7 heteroatoms. The van der Waals surface area contributed by atoms with Crippen molar-refractivity contribution in [2.45, 2.75) is 0 Å². The predicted octanol–water partition coefficient (Wildman–Crippen LogP) is 2.17. The second-order valence-corrected chi connectivity index (χ2v) is 2.91. The van der Waals surface area contributed by atoms with Crippen molar-refractivity contribution in [1.29, 1.82) is 0 Å². The molecule has 0 bridgehead atoms. The van der Waals surface area contributed by atoms with Gasteiger partial charge in [0, 0.05) is 0 Å². The Morgan fingerprint density at radius 1 is 1.60 bits per heavy atom. The normalized spacial score (nSPS) is 9.80. The number of hydrogen-bond donors (Lipinski definition) is 0. The van der Waals surface area contributed by atoms with E-state index in [1.165, 1.54) is 0 Å². The van der Waals surface area contributed by atoms with E-state index in [0.29, 0.717) is 0 Å². The fraction of sp³-hybridized carbons (Fsp3) is 0.125. The van der Waals surface area contributed by atoms with E-state index in [4.69, 9.17) is 11.6 Å². The molecule has 0 saturated heterocycles. The number of hydrogen-bond acceptors (Lipinski definition) is 4. The SMILES string of the molecule is COC(=O)c1c(F)ccc(Cl)c1[N+](=O)[O-]. The molecule has 0 aliphatic rings. The molecule has 0 N–H and O–H groups in total. The Morgan fingerprint density at radius 3 is 2.67 bits per heavy atom. The number of ether oxygens (including phenoxy) is 1. The average molecular weight is 234 g/mol. The number of halogens is 2. The smallest absolute Gasteiger partial charge is 0.348 e. The van der Waals surface area contributed by atoms with Crippen LogP contribution in [-0.2, 0) is 4.74 Å². The Hall–Kier alpha value is -1.69. The van der Waals surface area contributed by atoms with Gasteiger partial charge < -0.3 is 4.74 Å². The van der Waals surface area contributed by atoms with Crippen LogP contribution in [0.4, 0.5) is 10.1 Å². The summed E-state index contributed by atoms with van der Waals surface area (Å²) in [6.07, 6.45) is 0. The second-order valence-electron chi connectivity index (χ2n) is 2.50. The number of benzene rings is 1. The summed E-state index contributed by atoms with van der Waals surface area (Å²) in [6.45, 7) is 0. The van der Waals surface area contributed by atoms with Crippen molar-refractivity contribution in [3.63, 3.8) is 0 Å². The van der Waals surface area contributed by atoms with Crippen molar-refractivity contribution >= 4 is 23.3 Å². The topological polar surface area (TPSA) is 69.4 Å². The van der Waals surface area contributed by atoms with Crippen molar-refractivity contribution < 1.29 is 18.8 Å². The van der Waals surface area contributed by atoms with E-state index in [2.05, 4.69) is 4.74 Å². The Labute approximate surface area is 88.6 Å². The van der Waals surface area contributed by atoms with E-state index in [-0.39, 0.29) is 5.02 Å². The summed E-state index contributed by atoms with van der Waals surface area (Å²) in [7, 11) is 0.992. The van der Waals surface area contributed by atoms with Gasteiger partial charge in [-0.05, 0) is 12.1 Å². The molecule has 0 spiro atoms. The summed E-state index contributed by atoms with van der Waals surface area (Å²) >= 11 is 5.48. The summed E-state index contributed by atoms with van der Waals surface area (Å²) in [4.78, 5) is 20.7. The fourth-order valence-corrected chi connectivity index (χ4v) is 1.24. The maximum absolute atomic E-state index is 13.2. The highest BCUT2D eigenvalue weighted by Crippen LogP contribution is 2.30. The van der Waals surface area contributed by atoms with Gasteiger partial charge in [-0.2, -0.15) is 0 Å². The minimum Gasteiger partial charge on any atom is -0.465 e. The lowest BCUT2D eigenvalue weighted by Gasteiger charge is -2.03. The van der Waals surface area contributed by atoms with Gasteiger partial charge in [-0.1, -0.05) is 11.6 Å². The van der Waals surface area contributed by atoms with Crippen LogP contribution in [0.5, 0.6) is 0 Å². The number of carbonyl (C=O) groups is 1. The van der Waals surface area contributed by atoms with Crippen LogP contribution in [0.25, 0.3) is 0 Å². The van der Waals surface area contributed by atoms with Gasteiger partial charge in [0.2, 0.25) is 0 Å². The molecule has 0 fully saturated rings. The van der Waals surface area contributed by atoms with Gasteiger partial charge in [0.25, 0.3) is 0 Å². The zero-order valence-electron chi connectivity index (χ0n) is 7.49. The van der Waals surface area contributed by atoms with Crippen molar-refractivity contribution in [1.82, 2.24) is 0 Å². The Bertz CT molecular complexity index is 435. The standard InChI is InChI=1S/C8H5ClFNO4/c1-15-8(12)6-5(10)3-2-4(9)7(6)11(13)14/h2-3H,1H3. The van der Waals surface area contributed by atoms with Gasteiger partial charge in [-0.15, -0.1) is 0 Å². The first kappa shape index (κ1) is 11.4. The molecule has 0 amide bonds. The number of nitrogens with zero attached hydrogens (tertiary/aromatic N) is 1. The number of esters is 1. The first-order valence-corrected chi connectivity index (χ1v) is 4.07.